The Morgan fingerprint density at radius 3 is 2.97 bits per heavy atom. The first-order valence-electron chi connectivity index (χ1n) is 11.7. The number of rotatable bonds is 4. The van der Waals surface area contributed by atoms with Crippen molar-refractivity contribution in [2.75, 3.05) is 13.2 Å². The van der Waals surface area contributed by atoms with E-state index in [1.807, 2.05) is 25.1 Å². The number of hydrogen-bond donors (Lipinski definition) is 4. The number of nitrogens with one attached hydrogen (secondary N) is 3. The number of carbonyl (C=O) groups excluding carboxylic acids is 1. The molecule has 0 spiro atoms. The molecule has 4 N–H and O–H groups in total. The average molecular weight is 477 g/mol. The van der Waals surface area contributed by atoms with Crippen molar-refractivity contribution >= 4 is 16.9 Å². The van der Waals surface area contributed by atoms with Gasteiger partial charge in [-0.15, -0.1) is 0 Å². The quantitative estimate of drug-likeness (QED) is 0.357. The molecule has 6 rings (SSSR count). The van der Waals surface area contributed by atoms with E-state index in [1.54, 1.807) is 4.90 Å². The zero-order valence-electron chi connectivity index (χ0n) is 19.2. The molecule has 2 aliphatic rings. The molecule has 4 aromatic rings. The highest BCUT2D eigenvalue weighted by Crippen LogP contribution is 2.34. The predicted molar refractivity (Wildman–Crippen MR) is 127 cm³/mol. The number of hydrogen-bond acceptors (Lipinski definition) is 5. The summed E-state index contributed by atoms with van der Waals surface area (Å²) < 4.78 is 19.4. The summed E-state index contributed by atoms with van der Waals surface area (Å²) in [5.41, 5.74) is 5.65. The zero-order chi connectivity index (χ0) is 24.1. The molecule has 2 aromatic heterocycles. The van der Waals surface area contributed by atoms with Gasteiger partial charge in [0.15, 0.2) is 17.4 Å². The summed E-state index contributed by atoms with van der Waals surface area (Å²) >= 11 is 0. The van der Waals surface area contributed by atoms with Crippen molar-refractivity contribution in [1.29, 1.82) is 0 Å². The Morgan fingerprint density at radius 1 is 1.31 bits per heavy atom. The first-order chi connectivity index (χ1) is 17.0. The van der Waals surface area contributed by atoms with Gasteiger partial charge in [-0.1, -0.05) is 13.0 Å². The lowest BCUT2D eigenvalue weighted by Gasteiger charge is -2.19. The summed E-state index contributed by atoms with van der Waals surface area (Å²) in [6, 6.07) is 8.58. The maximum Gasteiger partial charge on any atom is 0.318 e. The van der Waals surface area contributed by atoms with E-state index in [1.165, 1.54) is 12.1 Å². The number of aromatic nitrogens is 4. The number of phenolic OH excluding ortho intramolecular Hbond substituents is 1. The predicted octanol–water partition coefficient (Wildman–Crippen LogP) is 3.84. The summed E-state index contributed by atoms with van der Waals surface area (Å²) in [7, 11) is 0. The molecule has 4 heterocycles. The minimum atomic E-state index is -0.646. The molecule has 1 saturated heterocycles. The molecule has 35 heavy (non-hydrogen) atoms. The van der Waals surface area contributed by atoms with Crippen LogP contribution in [0.3, 0.4) is 0 Å². The number of amides is 2. The van der Waals surface area contributed by atoms with Gasteiger partial charge in [0, 0.05) is 12.0 Å². The highest BCUT2D eigenvalue weighted by molar-refractivity contribution is 5.94. The van der Waals surface area contributed by atoms with Crippen molar-refractivity contribution in [3.63, 3.8) is 0 Å². The van der Waals surface area contributed by atoms with Gasteiger partial charge in [0.1, 0.15) is 5.69 Å². The summed E-state index contributed by atoms with van der Waals surface area (Å²) in [4.78, 5) is 22.3. The first-order valence-corrected chi connectivity index (χ1v) is 11.7. The van der Waals surface area contributed by atoms with E-state index in [0.29, 0.717) is 44.2 Å². The van der Waals surface area contributed by atoms with Crippen molar-refractivity contribution in [3.05, 3.63) is 53.1 Å². The van der Waals surface area contributed by atoms with Crippen molar-refractivity contribution < 1.29 is 19.0 Å². The van der Waals surface area contributed by atoms with Gasteiger partial charge in [-0.2, -0.15) is 5.10 Å². The Labute approximate surface area is 200 Å². The molecule has 0 bridgehead atoms. The molecule has 0 saturated carbocycles. The lowest BCUT2D eigenvalue weighted by atomic mass is 9.96. The molecule has 1 unspecified atom stereocenters. The van der Waals surface area contributed by atoms with Crippen LogP contribution in [-0.4, -0.2) is 55.5 Å². The van der Waals surface area contributed by atoms with E-state index < -0.39 is 5.82 Å². The fourth-order valence-corrected chi connectivity index (χ4v) is 4.84. The number of carbonyl (C=O) groups is 1. The van der Waals surface area contributed by atoms with E-state index in [9.17, 15) is 14.3 Å². The number of benzene rings is 2. The number of aromatic hydroxyl groups is 1. The summed E-state index contributed by atoms with van der Waals surface area (Å²) in [5.74, 6) is -0.347. The van der Waals surface area contributed by atoms with Crippen LogP contribution in [0, 0.1) is 5.82 Å². The first kappa shape index (κ1) is 21.6. The van der Waals surface area contributed by atoms with Crippen molar-refractivity contribution in [3.8, 4) is 28.4 Å². The maximum atomic E-state index is 14.1. The number of phenols is 1. The molecular formula is C25H25FN6O3. The zero-order valence-corrected chi connectivity index (χ0v) is 19.2. The Kier molecular flexibility index (Phi) is 5.18. The summed E-state index contributed by atoms with van der Waals surface area (Å²) in [6.07, 6.45) is 1.50. The number of ether oxygens (including phenoxy) is 1. The second kappa shape index (κ2) is 8.38. The normalized spacial score (nSPS) is 17.3. The number of urea groups is 1. The van der Waals surface area contributed by atoms with Gasteiger partial charge in [-0.25, -0.2) is 14.2 Å². The number of aryl methyl sites for hydroxylation is 1. The van der Waals surface area contributed by atoms with Crippen LogP contribution in [-0.2, 0) is 24.2 Å². The minimum absolute atomic E-state index is 0.0664. The number of H-pyrrole nitrogens is 2. The molecule has 2 aromatic carbocycles. The van der Waals surface area contributed by atoms with E-state index in [-0.39, 0.29) is 17.8 Å². The highest BCUT2D eigenvalue weighted by Gasteiger charge is 2.30. The molecule has 10 heteroatoms. The Bertz CT molecular complexity index is 1420. The Morgan fingerprint density at radius 2 is 2.20 bits per heavy atom. The summed E-state index contributed by atoms with van der Waals surface area (Å²) in [6.45, 7) is 4.10. The van der Waals surface area contributed by atoms with Gasteiger partial charge in [0.25, 0.3) is 0 Å². The van der Waals surface area contributed by atoms with Gasteiger partial charge in [-0.05, 0) is 53.8 Å². The van der Waals surface area contributed by atoms with Crippen LogP contribution in [0.1, 0.15) is 30.3 Å². The third-order valence-electron chi connectivity index (χ3n) is 6.75. The van der Waals surface area contributed by atoms with Crippen LogP contribution >= 0.6 is 0 Å². The van der Waals surface area contributed by atoms with Gasteiger partial charge in [0.2, 0.25) is 0 Å². The maximum absolute atomic E-state index is 14.1. The topological polar surface area (TPSA) is 119 Å². The van der Waals surface area contributed by atoms with Crippen LogP contribution < -0.4 is 5.32 Å². The van der Waals surface area contributed by atoms with Crippen molar-refractivity contribution in [1.82, 2.24) is 30.4 Å². The van der Waals surface area contributed by atoms with E-state index in [4.69, 9.17) is 9.72 Å². The molecule has 2 amide bonds. The van der Waals surface area contributed by atoms with E-state index in [0.717, 1.165) is 45.4 Å². The van der Waals surface area contributed by atoms with Crippen LogP contribution in [0.25, 0.3) is 33.5 Å². The molecule has 1 fully saturated rings. The van der Waals surface area contributed by atoms with E-state index in [2.05, 4.69) is 20.5 Å². The second-order valence-corrected chi connectivity index (χ2v) is 9.02. The highest BCUT2D eigenvalue weighted by atomic mass is 19.1. The smallest absolute Gasteiger partial charge is 0.318 e. The van der Waals surface area contributed by atoms with Gasteiger partial charge in [-0.3, -0.25) is 5.10 Å². The van der Waals surface area contributed by atoms with Crippen molar-refractivity contribution in [2.24, 2.45) is 0 Å². The number of aromatic amines is 2. The molecular weight excluding hydrogens is 451 g/mol. The van der Waals surface area contributed by atoms with Gasteiger partial charge in [0.05, 0.1) is 42.6 Å². The van der Waals surface area contributed by atoms with Crippen LogP contribution in [0.4, 0.5) is 9.18 Å². The Hall–Kier alpha value is -3.92. The minimum Gasteiger partial charge on any atom is -0.505 e. The fourth-order valence-electron chi connectivity index (χ4n) is 4.84. The number of nitrogens with zero attached hydrogens (tertiary/aromatic N) is 3. The molecule has 9 nitrogen and oxygen atoms in total. The number of fused-ring (bicyclic) bond motifs is 2. The third kappa shape index (κ3) is 3.79. The van der Waals surface area contributed by atoms with Crippen molar-refractivity contribution in [2.45, 2.75) is 38.9 Å². The molecule has 180 valence electrons. The standard InChI is InChI=1S/C25H25FN6O3/c1-2-13-8-22(33)18(26)9-17(13)14-3-4-16-19(7-14)30-31-23(16)24-28-20-10-32(11-21(20)29-24)25(34)27-15-5-6-35-12-15/h3-4,7-9,15,33H,2,5-6,10-12H2,1H3,(H,27,34)(H,28,29)(H,30,31). The van der Waals surface area contributed by atoms with Crippen LogP contribution in [0.5, 0.6) is 5.75 Å². The van der Waals surface area contributed by atoms with Gasteiger partial charge >= 0.3 is 6.03 Å². The average Bonchev–Trinajstić information content (AvgIpc) is 3.63. The SMILES string of the molecule is CCc1cc(O)c(F)cc1-c1ccc2c(-c3nc4c([nH]3)CN(C(=O)NC3CCOC3)C4)n[nH]c2c1. The summed E-state index contributed by atoms with van der Waals surface area (Å²) in [5, 5.41) is 21.1. The van der Waals surface area contributed by atoms with Crippen LogP contribution in [0.15, 0.2) is 30.3 Å². The van der Waals surface area contributed by atoms with Crippen LogP contribution in [0.2, 0.25) is 0 Å². The number of imidazole rings is 1. The second-order valence-electron chi connectivity index (χ2n) is 9.02. The molecule has 2 aliphatic heterocycles. The molecule has 1 atom stereocenters. The van der Waals surface area contributed by atoms with E-state index >= 15 is 0 Å². The lowest BCUT2D eigenvalue weighted by Crippen LogP contribution is -2.42. The van der Waals surface area contributed by atoms with Gasteiger partial charge < -0.3 is 25.0 Å². The lowest BCUT2D eigenvalue weighted by molar-refractivity contribution is 0.177. The fraction of sp³-hybridized carbons (Fsp3) is 0.320. The number of halogens is 1. The third-order valence-corrected chi connectivity index (χ3v) is 6.75. The Balaban J connectivity index is 1.24. The molecule has 0 aliphatic carbocycles. The largest absolute Gasteiger partial charge is 0.505 e. The molecule has 0 radical (unpaired) electrons. The monoisotopic (exact) mass is 476 g/mol.